The summed E-state index contributed by atoms with van der Waals surface area (Å²) >= 11 is 1.44. The van der Waals surface area contributed by atoms with Gasteiger partial charge in [0.25, 0.3) is 0 Å². The van der Waals surface area contributed by atoms with Gasteiger partial charge in [-0.1, -0.05) is 49.2 Å². The van der Waals surface area contributed by atoms with Gasteiger partial charge in [0.15, 0.2) is 5.78 Å². The maximum absolute atomic E-state index is 15.1. The maximum Gasteiger partial charge on any atom is 0.248 e. The molecule has 1 heterocycles. The number of benzene rings is 2. The molecule has 1 fully saturated rings. The van der Waals surface area contributed by atoms with Gasteiger partial charge in [-0.05, 0) is 49.4 Å². The molecule has 0 aliphatic heterocycles. The van der Waals surface area contributed by atoms with Crippen molar-refractivity contribution >= 4 is 34.6 Å². The topological polar surface area (TPSA) is 66.5 Å². The minimum Gasteiger partial charge on any atom is -0.351 e. The van der Waals surface area contributed by atoms with Crippen molar-refractivity contribution in [1.29, 1.82) is 0 Å². The van der Waals surface area contributed by atoms with E-state index in [4.69, 9.17) is 0 Å². The first-order valence-corrected chi connectivity index (χ1v) is 12.3. The summed E-state index contributed by atoms with van der Waals surface area (Å²) in [6, 6.07) is 15.1. The van der Waals surface area contributed by atoms with E-state index in [-0.39, 0.29) is 29.7 Å². The molecule has 1 N–H and O–H groups in total. The van der Waals surface area contributed by atoms with Crippen LogP contribution in [-0.4, -0.2) is 23.6 Å². The Labute approximate surface area is 202 Å². The van der Waals surface area contributed by atoms with Crippen LogP contribution in [0.4, 0.5) is 10.1 Å². The largest absolute Gasteiger partial charge is 0.351 e. The summed E-state index contributed by atoms with van der Waals surface area (Å²) in [6.45, 7) is 1.44. The second-order valence-electron chi connectivity index (χ2n) is 8.54. The van der Waals surface area contributed by atoms with Gasteiger partial charge in [-0.2, -0.15) is 0 Å². The average molecular weight is 479 g/mol. The van der Waals surface area contributed by atoms with Gasteiger partial charge < -0.3 is 5.32 Å². The van der Waals surface area contributed by atoms with Crippen LogP contribution < -0.4 is 10.2 Å². The minimum atomic E-state index is -1.21. The fraction of sp³-hybridized carbons (Fsp3) is 0.296. The molecule has 4 rings (SSSR count). The Hall–Kier alpha value is -3.32. The Kier molecular flexibility index (Phi) is 7.53. The van der Waals surface area contributed by atoms with Crippen LogP contribution in [0.2, 0.25) is 0 Å². The van der Waals surface area contributed by atoms with Crippen LogP contribution in [0.5, 0.6) is 0 Å². The van der Waals surface area contributed by atoms with Crippen molar-refractivity contribution in [2.75, 3.05) is 4.90 Å². The SMILES string of the molecule is CC(=O)c1cccc(N(C(=O)Cc2cccs2)[C@@H](C(=O)NC2CCCC2)c2ccccc2F)c1. The average Bonchev–Trinajstić information content (AvgIpc) is 3.52. The number of thiophene rings is 1. The highest BCUT2D eigenvalue weighted by Crippen LogP contribution is 2.32. The van der Waals surface area contributed by atoms with Gasteiger partial charge in [0.05, 0.1) is 6.42 Å². The zero-order valence-corrected chi connectivity index (χ0v) is 19.8. The molecule has 0 radical (unpaired) electrons. The number of carbonyl (C=O) groups is 3. The fourth-order valence-corrected chi connectivity index (χ4v) is 5.10. The second-order valence-corrected chi connectivity index (χ2v) is 9.57. The van der Waals surface area contributed by atoms with Crippen molar-refractivity contribution < 1.29 is 18.8 Å². The summed E-state index contributed by atoms with van der Waals surface area (Å²) < 4.78 is 15.1. The smallest absolute Gasteiger partial charge is 0.248 e. The Balaban J connectivity index is 1.81. The lowest BCUT2D eigenvalue weighted by atomic mass is 10.0. The van der Waals surface area contributed by atoms with E-state index in [1.54, 1.807) is 36.4 Å². The lowest BCUT2D eigenvalue weighted by Crippen LogP contribution is -2.47. The van der Waals surface area contributed by atoms with Gasteiger partial charge in [-0.15, -0.1) is 11.3 Å². The van der Waals surface area contributed by atoms with Crippen molar-refractivity contribution in [1.82, 2.24) is 5.32 Å². The van der Waals surface area contributed by atoms with E-state index < -0.39 is 17.8 Å². The highest BCUT2D eigenvalue weighted by atomic mass is 32.1. The zero-order chi connectivity index (χ0) is 24.1. The van der Waals surface area contributed by atoms with Crippen molar-refractivity contribution in [2.45, 2.75) is 51.1 Å². The number of amides is 2. The fourth-order valence-electron chi connectivity index (χ4n) is 4.40. The molecular weight excluding hydrogens is 451 g/mol. The molecule has 1 aliphatic rings. The van der Waals surface area contributed by atoms with Crippen LogP contribution in [0.1, 0.15) is 59.4 Å². The summed E-state index contributed by atoms with van der Waals surface area (Å²) in [4.78, 5) is 41.6. The molecule has 2 amide bonds. The Morgan fingerprint density at radius 3 is 2.50 bits per heavy atom. The summed E-state index contributed by atoms with van der Waals surface area (Å²) in [6.07, 6.45) is 3.83. The summed E-state index contributed by atoms with van der Waals surface area (Å²) in [5.74, 6) is -1.50. The van der Waals surface area contributed by atoms with Crippen molar-refractivity contribution in [2.24, 2.45) is 0 Å². The van der Waals surface area contributed by atoms with Gasteiger partial charge >= 0.3 is 0 Å². The Morgan fingerprint density at radius 1 is 1.06 bits per heavy atom. The number of ketones is 1. The van der Waals surface area contributed by atoms with Gasteiger partial charge in [-0.25, -0.2) is 4.39 Å². The quantitative estimate of drug-likeness (QED) is 0.437. The molecule has 0 bridgehead atoms. The first-order chi connectivity index (χ1) is 16.4. The molecule has 1 saturated carbocycles. The van der Waals surface area contributed by atoms with Gasteiger partial charge in [0.2, 0.25) is 11.8 Å². The van der Waals surface area contributed by atoms with Crippen LogP contribution in [0.25, 0.3) is 0 Å². The number of hydrogen-bond acceptors (Lipinski definition) is 4. The van der Waals surface area contributed by atoms with Crippen LogP contribution in [0.15, 0.2) is 66.0 Å². The van der Waals surface area contributed by atoms with E-state index in [1.807, 2.05) is 17.5 Å². The molecule has 1 atom stereocenters. The molecule has 1 aliphatic carbocycles. The Morgan fingerprint density at radius 2 is 1.82 bits per heavy atom. The molecule has 0 unspecified atom stereocenters. The highest BCUT2D eigenvalue weighted by molar-refractivity contribution is 7.10. The summed E-state index contributed by atoms with van der Waals surface area (Å²) in [5, 5.41) is 4.92. The molecule has 34 heavy (non-hydrogen) atoms. The number of carbonyl (C=O) groups excluding carboxylic acids is 3. The van der Waals surface area contributed by atoms with Gasteiger partial charge in [-0.3, -0.25) is 19.3 Å². The normalized spacial score (nSPS) is 14.5. The number of nitrogens with one attached hydrogen (secondary N) is 1. The van der Waals surface area contributed by atoms with E-state index in [1.165, 1.54) is 35.3 Å². The number of nitrogens with zero attached hydrogens (tertiary/aromatic N) is 1. The lowest BCUT2D eigenvalue weighted by molar-refractivity contribution is -0.127. The van der Waals surface area contributed by atoms with Crippen LogP contribution in [-0.2, 0) is 16.0 Å². The van der Waals surface area contributed by atoms with Crippen molar-refractivity contribution in [3.63, 3.8) is 0 Å². The van der Waals surface area contributed by atoms with E-state index in [2.05, 4.69) is 5.32 Å². The standard InChI is InChI=1S/C27H27FN2O3S/c1-18(31)19-8-6-11-21(16-19)30(25(32)17-22-12-7-15-34-22)26(23-13-4-5-14-24(23)28)27(33)29-20-9-2-3-10-20/h4-8,11-16,20,26H,2-3,9-10,17H2,1H3,(H,29,33)/t26-/m1/s1. The lowest BCUT2D eigenvalue weighted by Gasteiger charge is -2.32. The molecule has 7 heteroatoms. The van der Waals surface area contributed by atoms with Crippen LogP contribution in [0, 0.1) is 5.82 Å². The number of Topliss-reactive ketones (excluding diaryl/α,β-unsaturated/α-hetero) is 1. The first kappa shape index (κ1) is 23.8. The van der Waals surface area contributed by atoms with E-state index in [9.17, 15) is 14.4 Å². The molecule has 0 spiro atoms. The van der Waals surface area contributed by atoms with Gasteiger partial charge in [0, 0.05) is 27.7 Å². The van der Waals surface area contributed by atoms with Crippen molar-refractivity contribution in [3.8, 4) is 0 Å². The van der Waals surface area contributed by atoms with E-state index in [0.717, 1.165) is 30.6 Å². The molecule has 176 valence electrons. The van der Waals surface area contributed by atoms with Gasteiger partial charge in [0.1, 0.15) is 11.9 Å². The predicted octanol–water partition coefficient (Wildman–Crippen LogP) is 5.47. The molecule has 5 nitrogen and oxygen atoms in total. The number of anilines is 1. The number of rotatable bonds is 8. The van der Waals surface area contributed by atoms with E-state index >= 15 is 4.39 Å². The van der Waals surface area contributed by atoms with Crippen molar-refractivity contribution in [3.05, 3.63) is 87.9 Å². The predicted molar refractivity (Wildman–Crippen MR) is 131 cm³/mol. The minimum absolute atomic E-state index is 0.000393. The molecule has 3 aromatic rings. The monoisotopic (exact) mass is 478 g/mol. The highest BCUT2D eigenvalue weighted by Gasteiger charge is 2.36. The summed E-state index contributed by atoms with van der Waals surface area (Å²) in [7, 11) is 0. The number of halogens is 1. The third-order valence-corrected chi connectivity index (χ3v) is 6.99. The van der Waals surface area contributed by atoms with Crippen LogP contribution in [0.3, 0.4) is 0 Å². The number of hydrogen-bond donors (Lipinski definition) is 1. The first-order valence-electron chi connectivity index (χ1n) is 11.4. The maximum atomic E-state index is 15.1. The summed E-state index contributed by atoms with van der Waals surface area (Å²) in [5.41, 5.74) is 0.907. The molecule has 0 saturated heterocycles. The second kappa shape index (κ2) is 10.7. The third-order valence-electron chi connectivity index (χ3n) is 6.11. The Bertz CT molecular complexity index is 1170. The molecule has 2 aromatic carbocycles. The zero-order valence-electron chi connectivity index (χ0n) is 19.0. The third kappa shape index (κ3) is 5.42. The molecular formula is C27H27FN2O3S. The van der Waals surface area contributed by atoms with Crippen LogP contribution >= 0.6 is 11.3 Å². The molecule has 1 aromatic heterocycles. The van der Waals surface area contributed by atoms with E-state index in [0.29, 0.717) is 11.3 Å².